The fraction of sp³-hybridized carbons (Fsp3) is 0.278. The molecule has 0 bridgehead atoms. The Labute approximate surface area is 172 Å². The van der Waals surface area contributed by atoms with Crippen LogP contribution in [0.2, 0.25) is 0 Å². The summed E-state index contributed by atoms with van der Waals surface area (Å²) in [5, 5.41) is 14.3. The molecule has 0 spiro atoms. The van der Waals surface area contributed by atoms with Crippen molar-refractivity contribution >= 4 is 0 Å². The maximum absolute atomic E-state index is 11.0. The normalized spacial score (nSPS) is 18.5. The fourth-order valence-corrected chi connectivity index (χ4v) is 2.69. The van der Waals surface area contributed by atoms with Gasteiger partial charge in [0.1, 0.15) is 17.5 Å². The number of hydrogen-bond donors (Lipinski definition) is 0. The van der Waals surface area contributed by atoms with Gasteiger partial charge in [0, 0.05) is 11.9 Å². The van der Waals surface area contributed by atoms with Crippen LogP contribution < -0.4 is 44.1 Å². The molecule has 128 valence electrons. The summed E-state index contributed by atoms with van der Waals surface area (Å²) in [5.41, 5.74) is 0.449. The van der Waals surface area contributed by atoms with Gasteiger partial charge in [-0.1, -0.05) is 23.4 Å². The minimum absolute atomic E-state index is 0. The maximum Gasteiger partial charge on any atom is 1.00 e. The van der Waals surface area contributed by atoms with E-state index >= 15 is 0 Å². The zero-order valence-electron chi connectivity index (χ0n) is 14.4. The smallest absolute Gasteiger partial charge is 0.856 e. The molecular formula is C18H16N3NaO4. The number of nitrogens with zero attached hydrogens (tertiary/aromatic N) is 3. The number of rotatable bonds is 6. The minimum Gasteiger partial charge on any atom is -0.856 e. The Morgan fingerprint density at radius 2 is 1.92 bits per heavy atom. The summed E-state index contributed by atoms with van der Waals surface area (Å²) in [4.78, 5) is 8.38. The molecule has 2 heterocycles. The van der Waals surface area contributed by atoms with Crippen LogP contribution in [0.15, 0.2) is 53.3 Å². The summed E-state index contributed by atoms with van der Waals surface area (Å²) in [7, 11) is 0. The molecule has 26 heavy (non-hydrogen) atoms. The van der Waals surface area contributed by atoms with Gasteiger partial charge in [0.25, 0.3) is 0 Å². The summed E-state index contributed by atoms with van der Waals surface area (Å²) in [6, 6.07) is 11.1. The van der Waals surface area contributed by atoms with E-state index < -0.39 is 5.88 Å². The first-order valence-corrected chi connectivity index (χ1v) is 8.07. The van der Waals surface area contributed by atoms with Crippen LogP contribution in [0.4, 0.5) is 0 Å². The van der Waals surface area contributed by atoms with Gasteiger partial charge in [-0.2, -0.15) is 0 Å². The molecule has 8 heteroatoms. The maximum atomic E-state index is 11.0. The van der Waals surface area contributed by atoms with Crippen LogP contribution in [0, 0.1) is 5.92 Å². The first kappa shape index (κ1) is 18.7. The average Bonchev–Trinajstić information content (AvgIpc) is 3.05. The second kappa shape index (κ2) is 8.53. The largest absolute Gasteiger partial charge is 1.00 e. The predicted octanol–water partition coefficient (Wildman–Crippen LogP) is -0.554. The minimum atomic E-state index is -0.435. The Kier molecular flexibility index (Phi) is 6.13. The van der Waals surface area contributed by atoms with Crippen LogP contribution in [0.5, 0.6) is 17.5 Å². The third-order valence-corrected chi connectivity index (χ3v) is 4.08. The van der Waals surface area contributed by atoms with Crippen LogP contribution in [-0.2, 0) is 0 Å². The van der Waals surface area contributed by atoms with E-state index in [1.54, 1.807) is 0 Å². The number of para-hydroxylation sites is 1. The molecule has 0 N–H and O–H groups in total. The van der Waals surface area contributed by atoms with Crippen molar-refractivity contribution in [2.45, 2.75) is 18.9 Å². The molecular weight excluding hydrogens is 345 g/mol. The van der Waals surface area contributed by atoms with Gasteiger partial charge in [-0.15, -0.1) is 0 Å². The van der Waals surface area contributed by atoms with Gasteiger partial charge < -0.3 is 19.1 Å². The van der Waals surface area contributed by atoms with E-state index in [0.717, 1.165) is 18.6 Å². The molecule has 0 atom stereocenters. The van der Waals surface area contributed by atoms with E-state index in [-0.39, 0.29) is 35.7 Å². The average molecular weight is 361 g/mol. The Hall–Kier alpha value is -2.09. The van der Waals surface area contributed by atoms with E-state index in [1.807, 2.05) is 30.3 Å². The van der Waals surface area contributed by atoms with Gasteiger partial charge in [0.05, 0.1) is 19.0 Å². The fourth-order valence-electron chi connectivity index (χ4n) is 2.69. The van der Waals surface area contributed by atoms with Crippen LogP contribution in [0.25, 0.3) is 11.5 Å². The summed E-state index contributed by atoms with van der Waals surface area (Å²) < 4.78 is 16.4. The van der Waals surface area contributed by atoms with Crippen molar-refractivity contribution in [3.8, 4) is 29.0 Å². The van der Waals surface area contributed by atoms with Gasteiger partial charge in [0.15, 0.2) is 5.76 Å². The monoisotopic (exact) mass is 361 g/mol. The third kappa shape index (κ3) is 4.55. The SMILES string of the molecule is [Na+].[O-]c1cc(-c2cnc(OC3CC(COc4ccccc4)C3)cn2)on1. The molecule has 1 saturated carbocycles. The second-order valence-corrected chi connectivity index (χ2v) is 5.97. The van der Waals surface area contributed by atoms with Gasteiger partial charge in [-0.05, 0) is 30.9 Å². The van der Waals surface area contributed by atoms with Crippen LogP contribution in [-0.4, -0.2) is 27.8 Å². The molecule has 4 rings (SSSR count). The topological polar surface area (TPSA) is 93.3 Å². The Morgan fingerprint density at radius 1 is 1.12 bits per heavy atom. The Bertz CT molecular complexity index is 820. The van der Waals surface area contributed by atoms with Gasteiger partial charge >= 0.3 is 29.6 Å². The van der Waals surface area contributed by atoms with E-state index in [0.29, 0.717) is 29.9 Å². The number of ether oxygens (including phenoxy) is 2. The molecule has 1 aliphatic carbocycles. The number of aromatic nitrogens is 3. The summed E-state index contributed by atoms with van der Waals surface area (Å²) in [5.74, 6) is 1.70. The van der Waals surface area contributed by atoms with E-state index in [4.69, 9.17) is 14.0 Å². The van der Waals surface area contributed by atoms with Crippen LogP contribution >= 0.6 is 0 Å². The molecule has 1 aromatic carbocycles. The molecule has 1 aliphatic rings. The third-order valence-electron chi connectivity index (χ3n) is 4.08. The van der Waals surface area contributed by atoms with E-state index in [1.165, 1.54) is 18.5 Å². The molecule has 1 fully saturated rings. The first-order chi connectivity index (χ1) is 12.3. The molecule has 0 aliphatic heterocycles. The molecule has 0 radical (unpaired) electrons. The summed E-state index contributed by atoms with van der Waals surface area (Å²) in [6.07, 6.45) is 5.01. The Morgan fingerprint density at radius 3 is 2.58 bits per heavy atom. The van der Waals surface area contributed by atoms with Crippen molar-refractivity contribution in [3.63, 3.8) is 0 Å². The number of benzene rings is 1. The van der Waals surface area contributed by atoms with Crippen LogP contribution in [0.3, 0.4) is 0 Å². The van der Waals surface area contributed by atoms with Crippen molar-refractivity contribution in [3.05, 3.63) is 48.8 Å². The zero-order valence-corrected chi connectivity index (χ0v) is 16.4. The quantitative estimate of drug-likeness (QED) is 0.544. The molecule has 0 unspecified atom stereocenters. The Balaban J connectivity index is 0.00000196. The predicted molar refractivity (Wildman–Crippen MR) is 86.1 cm³/mol. The van der Waals surface area contributed by atoms with Gasteiger partial charge in [-0.3, -0.25) is 0 Å². The summed E-state index contributed by atoms with van der Waals surface area (Å²) in [6.45, 7) is 0.692. The molecule has 3 aromatic rings. The van der Waals surface area contributed by atoms with E-state index in [2.05, 4.69) is 15.1 Å². The van der Waals surface area contributed by atoms with Gasteiger partial charge in [-0.25, -0.2) is 9.97 Å². The van der Waals surface area contributed by atoms with Crippen molar-refractivity contribution in [1.29, 1.82) is 0 Å². The van der Waals surface area contributed by atoms with Crippen LogP contribution in [0.1, 0.15) is 12.8 Å². The van der Waals surface area contributed by atoms with Crippen molar-refractivity contribution in [2.24, 2.45) is 5.92 Å². The number of hydrogen-bond acceptors (Lipinski definition) is 7. The first-order valence-electron chi connectivity index (χ1n) is 8.07. The molecule has 2 aromatic heterocycles. The molecule has 0 amide bonds. The summed E-state index contributed by atoms with van der Waals surface area (Å²) >= 11 is 0. The van der Waals surface area contributed by atoms with E-state index in [9.17, 15) is 5.11 Å². The molecule has 0 saturated heterocycles. The van der Waals surface area contributed by atoms with Crippen molar-refractivity contribution in [2.75, 3.05) is 6.61 Å². The molecule has 7 nitrogen and oxygen atoms in total. The zero-order chi connectivity index (χ0) is 17.1. The standard InChI is InChI=1S/C18H17N3O4.Na/c22-17-8-16(25-21-17)15-9-20-18(10-19-15)24-14-6-12(7-14)11-23-13-4-2-1-3-5-13;/h1-5,8-10,12,14H,6-7,11H2,(H,21,22);/q;+1/p-1. The van der Waals surface area contributed by atoms with Crippen molar-refractivity contribution < 1.29 is 48.7 Å². The second-order valence-electron chi connectivity index (χ2n) is 5.97. The van der Waals surface area contributed by atoms with Gasteiger partial charge in [0.2, 0.25) is 5.88 Å². The van der Waals surface area contributed by atoms with Crippen molar-refractivity contribution in [1.82, 2.24) is 15.1 Å².